The molecule has 0 unspecified atom stereocenters. The Labute approximate surface area is 117 Å². The fourth-order valence-electron chi connectivity index (χ4n) is 1.99. The highest BCUT2D eigenvalue weighted by atomic mass is 16.4. The number of anilines is 1. The number of carbonyl (C=O) groups is 3. The maximum Gasteiger partial charge on any atom is 0.336 e. The summed E-state index contributed by atoms with van der Waals surface area (Å²) in [7, 11) is 0. The molecule has 0 aromatic heterocycles. The molecule has 20 heavy (non-hydrogen) atoms. The number of aromatic carboxylic acids is 1. The Hall–Kier alpha value is -2.17. The summed E-state index contributed by atoms with van der Waals surface area (Å²) < 4.78 is 0. The molecule has 108 valence electrons. The summed E-state index contributed by atoms with van der Waals surface area (Å²) in [4.78, 5) is 35.1. The number of ketones is 2. The molecule has 0 heterocycles. The van der Waals surface area contributed by atoms with Crippen molar-refractivity contribution >= 4 is 23.2 Å². The quantitative estimate of drug-likeness (QED) is 0.590. The van der Waals surface area contributed by atoms with Gasteiger partial charge in [0.1, 0.15) is 0 Å². The molecule has 0 aliphatic heterocycles. The van der Waals surface area contributed by atoms with Crippen molar-refractivity contribution in [3.05, 3.63) is 28.8 Å². The van der Waals surface area contributed by atoms with Crippen LogP contribution in [-0.2, 0) is 0 Å². The Morgan fingerprint density at radius 1 is 0.950 bits per heavy atom. The molecule has 0 aliphatic carbocycles. The first kappa shape index (κ1) is 15.9. The van der Waals surface area contributed by atoms with Crippen LogP contribution in [0.4, 0.5) is 5.69 Å². The first-order chi connectivity index (χ1) is 9.42. The molecule has 1 aromatic carbocycles. The molecule has 5 nitrogen and oxygen atoms in total. The van der Waals surface area contributed by atoms with Gasteiger partial charge in [0.25, 0.3) is 0 Å². The molecule has 1 aromatic rings. The van der Waals surface area contributed by atoms with Crippen LogP contribution in [0.2, 0.25) is 0 Å². The average Bonchev–Trinajstić information content (AvgIpc) is 2.38. The van der Waals surface area contributed by atoms with Gasteiger partial charge in [-0.2, -0.15) is 0 Å². The van der Waals surface area contributed by atoms with Gasteiger partial charge < -0.3 is 10.8 Å². The van der Waals surface area contributed by atoms with Crippen molar-refractivity contribution in [1.29, 1.82) is 0 Å². The smallest absolute Gasteiger partial charge is 0.336 e. The minimum absolute atomic E-state index is 0.0630. The second kappa shape index (κ2) is 6.84. The molecule has 1 rings (SSSR count). The third-order valence-corrected chi connectivity index (χ3v) is 2.98. The Balaban J connectivity index is 3.38. The van der Waals surface area contributed by atoms with Crippen LogP contribution in [0.25, 0.3) is 0 Å². The van der Waals surface area contributed by atoms with Crippen molar-refractivity contribution in [2.24, 2.45) is 0 Å². The number of hydrogen-bond donors (Lipinski definition) is 2. The molecule has 0 saturated heterocycles. The minimum atomic E-state index is -1.22. The van der Waals surface area contributed by atoms with Gasteiger partial charge in [0.2, 0.25) is 0 Å². The lowest BCUT2D eigenvalue weighted by Crippen LogP contribution is -2.13. The molecule has 5 heteroatoms. The number of Topliss-reactive ketones (excluding diaryl/α,β-unsaturated/α-hetero) is 2. The van der Waals surface area contributed by atoms with Gasteiger partial charge in [-0.3, -0.25) is 9.59 Å². The van der Waals surface area contributed by atoms with Gasteiger partial charge in [-0.05, 0) is 25.0 Å². The third kappa shape index (κ3) is 3.44. The summed E-state index contributed by atoms with van der Waals surface area (Å²) in [5.74, 6) is -1.67. The van der Waals surface area contributed by atoms with Gasteiger partial charge in [-0.25, -0.2) is 4.79 Å². The number of nitrogens with two attached hydrogens (primary N) is 1. The summed E-state index contributed by atoms with van der Waals surface area (Å²) in [6.07, 6.45) is 1.83. The normalized spacial score (nSPS) is 10.3. The molecule has 0 radical (unpaired) electrons. The van der Waals surface area contributed by atoms with Gasteiger partial charge in [-0.15, -0.1) is 0 Å². The van der Waals surface area contributed by atoms with Crippen LogP contribution in [0.5, 0.6) is 0 Å². The number of carboxylic acids is 1. The van der Waals surface area contributed by atoms with Gasteiger partial charge in [0.05, 0.1) is 5.56 Å². The first-order valence-electron chi connectivity index (χ1n) is 6.65. The number of benzene rings is 1. The van der Waals surface area contributed by atoms with Crippen molar-refractivity contribution in [1.82, 2.24) is 0 Å². The highest BCUT2D eigenvalue weighted by molar-refractivity contribution is 6.10. The van der Waals surface area contributed by atoms with E-state index >= 15 is 0 Å². The summed E-state index contributed by atoms with van der Waals surface area (Å²) in [5.41, 5.74) is 5.99. The highest BCUT2D eigenvalue weighted by Crippen LogP contribution is 2.23. The zero-order valence-corrected chi connectivity index (χ0v) is 11.7. The van der Waals surface area contributed by atoms with E-state index < -0.39 is 5.97 Å². The van der Waals surface area contributed by atoms with Crippen LogP contribution in [0.15, 0.2) is 12.1 Å². The average molecular weight is 277 g/mol. The topological polar surface area (TPSA) is 97.5 Å². The highest BCUT2D eigenvalue weighted by Gasteiger charge is 2.20. The first-order valence-corrected chi connectivity index (χ1v) is 6.65. The van der Waals surface area contributed by atoms with Crippen LogP contribution in [0.1, 0.15) is 70.6 Å². The van der Waals surface area contributed by atoms with Crippen LogP contribution >= 0.6 is 0 Å². The van der Waals surface area contributed by atoms with Gasteiger partial charge in [0.15, 0.2) is 11.6 Å². The summed E-state index contributed by atoms with van der Waals surface area (Å²) in [6.45, 7) is 3.70. The second-order valence-corrected chi connectivity index (χ2v) is 4.64. The fourth-order valence-corrected chi connectivity index (χ4v) is 1.99. The molecule has 3 N–H and O–H groups in total. The molecular formula is C15H19NO4. The monoisotopic (exact) mass is 277 g/mol. The van der Waals surface area contributed by atoms with E-state index in [4.69, 9.17) is 10.8 Å². The molecular weight excluding hydrogens is 258 g/mol. The molecule has 0 spiro atoms. The predicted octanol–water partition coefficient (Wildman–Crippen LogP) is 2.93. The van der Waals surface area contributed by atoms with Gasteiger partial charge in [0, 0.05) is 29.7 Å². The standard InChI is InChI=1S/C15H19NO4/c1-3-5-13(17)9-7-11(14(18)6-4-2)12(16)8-10(9)15(19)20/h7-8H,3-6,16H2,1-2H3,(H,19,20). The Morgan fingerprint density at radius 3 is 1.90 bits per heavy atom. The number of carboxylic acid groups (broad SMARTS) is 1. The van der Waals surface area contributed by atoms with Crippen molar-refractivity contribution in [3.63, 3.8) is 0 Å². The van der Waals surface area contributed by atoms with Crippen molar-refractivity contribution in [3.8, 4) is 0 Å². The number of rotatable bonds is 7. The van der Waals surface area contributed by atoms with Crippen LogP contribution in [-0.4, -0.2) is 22.6 Å². The lowest BCUT2D eigenvalue weighted by atomic mass is 9.94. The molecule has 0 atom stereocenters. The van der Waals surface area contributed by atoms with Crippen molar-refractivity contribution < 1.29 is 19.5 Å². The molecule has 0 amide bonds. The zero-order chi connectivity index (χ0) is 15.3. The number of nitrogen functional groups attached to an aromatic ring is 1. The van der Waals surface area contributed by atoms with E-state index in [0.29, 0.717) is 19.3 Å². The minimum Gasteiger partial charge on any atom is -0.478 e. The predicted molar refractivity (Wildman–Crippen MR) is 76.3 cm³/mol. The fraction of sp³-hybridized carbons (Fsp3) is 0.400. The Kier molecular flexibility index (Phi) is 5.43. The van der Waals surface area contributed by atoms with Crippen LogP contribution in [0.3, 0.4) is 0 Å². The SMILES string of the molecule is CCCC(=O)c1cc(C(=O)CCC)c(C(=O)O)cc1N. The second-order valence-electron chi connectivity index (χ2n) is 4.64. The van der Waals surface area contributed by atoms with Crippen molar-refractivity contribution in [2.75, 3.05) is 5.73 Å². The maximum atomic E-state index is 12.0. The van der Waals surface area contributed by atoms with E-state index in [2.05, 4.69) is 0 Å². The number of hydrogen-bond acceptors (Lipinski definition) is 4. The maximum absolute atomic E-state index is 12.0. The zero-order valence-electron chi connectivity index (χ0n) is 11.7. The Bertz CT molecular complexity index is 549. The van der Waals surface area contributed by atoms with Gasteiger partial charge >= 0.3 is 5.97 Å². The van der Waals surface area contributed by atoms with Crippen LogP contribution in [0, 0.1) is 0 Å². The van der Waals surface area contributed by atoms with Crippen LogP contribution < -0.4 is 5.73 Å². The summed E-state index contributed by atoms with van der Waals surface area (Å²) in [5, 5.41) is 9.15. The lowest BCUT2D eigenvalue weighted by Gasteiger charge is -2.10. The lowest BCUT2D eigenvalue weighted by molar-refractivity contribution is 0.0691. The van der Waals surface area contributed by atoms with E-state index in [1.807, 2.05) is 13.8 Å². The van der Waals surface area contributed by atoms with E-state index in [-0.39, 0.29) is 40.4 Å². The summed E-state index contributed by atoms with van der Waals surface area (Å²) in [6, 6.07) is 2.53. The largest absolute Gasteiger partial charge is 0.478 e. The summed E-state index contributed by atoms with van der Waals surface area (Å²) >= 11 is 0. The number of carbonyl (C=O) groups excluding carboxylic acids is 2. The van der Waals surface area contributed by atoms with E-state index in [0.717, 1.165) is 0 Å². The molecule has 0 bridgehead atoms. The van der Waals surface area contributed by atoms with E-state index in [1.54, 1.807) is 0 Å². The van der Waals surface area contributed by atoms with E-state index in [1.165, 1.54) is 12.1 Å². The van der Waals surface area contributed by atoms with E-state index in [9.17, 15) is 14.4 Å². The molecule has 0 saturated carbocycles. The third-order valence-electron chi connectivity index (χ3n) is 2.98. The molecule has 0 aliphatic rings. The van der Waals surface area contributed by atoms with Gasteiger partial charge in [-0.1, -0.05) is 13.8 Å². The Morgan fingerprint density at radius 2 is 1.45 bits per heavy atom. The molecule has 0 fully saturated rings. The van der Waals surface area contributed by atoms with Crippen molar-refractivity contribution in [2.45, 2.75) is 39.5 Å².